The number of nitrogens with zero attached hydrogens (tertiary/aromatic N) is 8. The lowest BCUT2D eigenvalue weighted by Crippen LogP contribution is -2.43. The van der Waals surface area contributed by atoms with E-state index in [1.165, 1.54) is 19.0 Å². The molecule has 0 amide bonds. The molecule has 2 fully saturated rings. The first-order valence-electron chi connectivity index (χ1n) is 13.4. The summed E-state index contributed by atoms with van der Waals surface area (Å²) in [5.41, 5.74) is 13.7. The number of fused-ring (bicyclic) bond motifs is 2. The van der Waals surface area contributed by atoms with Crippen LogP contribution in [0.5, 0.6) is 0 Å². The average molecular weight is 689 g/mol. The Morgan fingerprint density at radius 2 is 1.50 bits per heavy atom. The fourth-order valence-corrected chi connectivity index (χ4v) is 7.32. The van der Waals surface area contributed by atoms with E-state index in [1.54, 1.807) is 10.9 Å². The summed E-state index contributed by atoms with van der Waals surface area (Å²) in [7, 11) is 0. The van der Waals surface area contributed by atoms with Crippen LogP contribution in [0.4, 0.5) is 11.6 Å². The van der Waals surface area contributed by atoms with Crippen molar-refractivity contribution in [3.05, 3.63) is 25.3 Å². The van der Waals surface area contributed by atoms with E-state index < -0.39 is 31.9 Å². The van der Waals surface area contributed by atoms with E-state index >= 15 is 0 Å². The Kier molecular flexibility index (Phi) is 8.97. The molecule has 238 valence electrons. The molecular weight excluding hydrogens is 658 g/mol. The van der Waals surface area contributed by atoms with Gasteiger partial charge in [-0.05, 0) is 36.0 Å². The second kappa shape index (κ2) is 12.5. The first-order chi connectivity index (χ1) is 20.9. The standard InChI is InChI=1S/C22H30N10O8P2S2/c23-19-17-21(27-7-25-19)31(9-29-17)13-3-11(5-38-41(34,35)43)12(13)6-39-42(36,44)37-2-1-15-14(33)4-16(40-15)32-10-30-18-20(24)26-8-28-22(18)32/h7-16,33H,1-6H2,(H,36,44)(H2,23,25,27)(H2,24,26,28)(H2,34,35,43)/t11-,12-,13-,14+,15-,16-,42?/m1/s1. The lowest BCUT2D eigenvalue weighted by Gasteiger charge is -2.45. The maximum absolute atomic E-state index is 10.8. The van der Waals surface area contributed by atoms with E-state index in [4.69, 9.17) is 41.6 Å². The number of aromatic nitrogens is 8. The molecule has 6 rings (SSSR count). The van der Waals surface area contributed by atoms with Crippen molar-refractivity contribution in [1.29, 1.82) is 0 Å². The molecular formula is C22H30N10O8P2S2. The molecule has 2 aliphatic rings. The summed E-state index contributed by atoms with van der Waals surface area (Å²) < 4.78 is 25.9. The van der Waals surface area contributed by atoms with Gasteiger partial charge in [-0.1, -0.05) is 0 Å². The lowest BCUT2D eigenvalue weighted by atomic mass is 9.70. The van der Waals surface area contributed by atoms with E-state index in [-0.39, 0.29) is 62.2 Å². The highest BCUT2D eigenvalue weighted by Gasteiger charge is 2.44. The van der Waals surface area contributed by atoms with Crippen LogP contribution in [0, 0.1) is 11.8 Å². The minimum atomic E-state index is -3.87. The van der Waals surface area contributed by atoms with Crippen molar-refractivity contribution in [1.82, 2.24) is 39.0 Å². The molecule has 1 aliphatic carbocycles. The molecule has 1 saturated carbocycles. The lowest BCUT2D eigenvalue weighted by molar-refractivity contribution is -0.0283. The third-order valence-corrected chi connectivity index (χ3v) is 10.3. The number of ether oxygens (including phenoxy) is 1. The van der Waals surface area contributed by atoms with E-state index in [0.717, 1.165) is 0 Å². The maximum atomic E-state index is 10.8. The molecule has 7 atom stereocenters. The molecule has 0 spiro atoms. The fourth-order valence-electron chi connectivity index (χ4n) is 5.57. The molecule has 8 N–H and O–H groups in total. The summed E-state index contributed by atoms with van der Waals surface area (Å²) in [6, 6.07) is -0.202. The van der Waals surface area contributed by atoms with Gasteiger partial charge in [-0.2, -0.15) is 0 Å². The zero-order chi connectivity index (χ0) is 31.2. The van der Waals surface area contributed by atoms with Crippen molar-refractivity contribution >= 4 is 71.0 Å². The third kappa shape index (κ3) is 6.62. The Balaban J connectivity index is 1.06. The van der Waals surface area contributed by atoms with Crippen LogP contribution in [0.1, 0.15) is 31.5 Å². The highest BCUT2D eigenvalue weighted by molar-refractivity contribution is 8.07. The van der Waals surface area contributed by atoms with Gasteiger partial charge in [0.25, 0.3) is 0 Å². The fraction of sp³-hybridized carbons (Fsp3) is 0.545. The van der Waals surface area contributed by atoms with E-state index in [1.807, 2.05) is 4.57 Å². The van der Waals surface area contributed by atoms with Crippen LogP contribution in [-0.2, 0) is 41.9 Å². The highest BCUT2D eigenvalue weighted by atomic mass is 32.5. The highest BCUT2D eigenvalue weighted by Crippen LogP contribution is 2.52. The largest absolute Gasteiger partial charge is 0.390 e. The minimum absolute atomic E-state index is 0.0311. The Morgan fingerprint density at radius 1 is 0.864 bits per heavy atom. The van der Waals surface area contributed by atoms with Crippen molar-refractivity contribution < 1.29 is 38.1 Å². The normalized spacial score (nSPS) is 27.1. The Hall–Kier alpha value is -2.32. The van der Waals surface area contributed by atoms with Gasteiger partial charge in [0.2, 0.25) is 0 Å². The SMILES string of the molecule is Nc1ncnc2c1ncn2[C@@H]1C[C@H](COP(O)(O)=S)[C@H]1COP(O)(=S)OCC[C@H]1O[C@@H](n2cnc3c(N)ncnc32)C[C@@H]1O. The number of aliphatic hydroxyl groups excluding tert-OH is 1. The maximum Gasteiger partial charge on any atom is 0.324 e. The summed E-state index contributed by atoms with van der Waals surface area (Å²) in [5, 5.41) is 10.6. The van der Waals surface area contributed by atoms with Crippen molar-refractivity contribution in [2.75, 3.05) is 31.3 Å². The van der Waals surface area contributed by atoms with Gasteiger partial charge < -0.3 is 54.1 Å². The zero-order valence-electron chi connectivity index (χ0n) is 22.9. The van der Waals surface area contributed by atoms with Crippen LogP contribution in [0.25, 0.3) is 22.3 Å². The molecule has 1 aliphatic heterocycles. The number of aliphatic hydroxyl groups is 1. The van der Waals surface area contributed by atoms with Crippen LogP contribution < -0.4 is 11.5 Å². The summed E-state index contributed by atoms with van der Waals surface area (Å²) in [4.78, 5) is 54.9. The zero-order valence-corrected chi connectivity index (χ0v) is 26.3. The van der Waals surface area contributed by atoms with Gasteiger partial charge in [0.05, 0.1) is 44.7 Å². The quantitative estimate of drug-likeness (QED) is 0.111. The Labute approximate surface area is 259 Å². The van der Waals surface area contributed by atoms with Gasteiger partial charge in [0, 0.05) is 24.8 Å². The van der Waals surface area contributed by atoms with Gasteiger partial charge in [0.1, 0.15) is 29.9 Å². The molecule has 18 nitrogen and oxygen atoms in total. The molecule has 0 aromatic carbocycles. The molecule has 0 bridgehead atoms. The van der Waals surface area contributed by atoms with Crippen molar-refractivity contribution in [3.8, 4) is 0 Å². The molecule has 22 heteroatoms. The molecule has 4 aromatic heterocycles. The van der Waals surface area contributed by atoms with E-state index in [2.05, 4.69) is 41.7 Å². The molecule has 44 heavy (non-hydrogen) atoms. The number of hydrogen-bond donors (Lipinski definition) is 6. The predicted octanol–water partition coefficient (Wildman–Crippen LogP) is 0.522. The number of nitrogen functional groups attached to an aromatic ring is 2. The number of hydrogen-bond acceptors (Lipinski definition) is 15. The van der Waals surface area contributed by atoms with Gasteiger partial charge in [-0.25, -0.2) is 29.9 Å². The van der Waals surface area contributed by atoms with Crippen LogP contribution in [0.3, 0.4) is 0 Å². The van der Waals surface area contributed by atoms with Gasteiger partial charge in [0.15, 0.2) is 22.9 Å². The summed E-state index contributed by atoms with van der Waals surface area (Å²) >= 11 is 9.84. The van der Waals surface area contributed by atoms with Crippen molar-refractivity contribution in [2.24, 2.45) is 11.8 Å². The van der Waals surface area contributed by atoms with Gasteiger partial charge in [-0.15, -0.1) is 0 Å². The van der Waals surface area contributed by atoms with E-state index in [0.29, 0.717) is 28.7 Å². The minimum Gasteiger partial charge on any atom is -0.390 e. The number of rotatable bonds is 12. The molecule has 4 aromatic rings. The number of anilines is 2. The smallest absolute Gasteiger partial charge is 0.324 e. The van der Waals surface area contributed by atoms with Crippen LogP contribution >= 0.6 is 13.4 Å². The molecule has 1 unspecified atom stereocenters. The summed E-state index contributed by atoms with van der Waals surface area (Å²) in [6.45, 7) is -7.68. The van der Waals surface area contributed by atoms with E-state index in [9.17, 15) is 19.8 Å². The summed E-state index contributed by atoms with van der Waals surface area (Å²) in [5.74, 6) is -0.0216. The van der Waals surface area contributed by atoms with Gasteiger partial charge in [-0.3, -0.25) is 4.57 Å². The topological polar surface area (TPSA) is 257 Å². The van der Waals surface area contributed by atoms with Gasteiger partial charge >= 0.3 is 13.4 Å². The third-order valence-electron chi connectivity index (χ3n) is 7.83. The van der Waals surface area contributed by atoms with Crippen molar-refractivity contribution in [3.63, 3.8) is 0 Å². The second-order valence-corrected chi connectivity index (χ2v) is 16.0. The summed E-state index contributed by atoms with van der Waals surface area (Å²) in [6.07, 6.45) is 4.90. The number of imidazole rings is 2. The molecule has 5 heterocycles. The monoisotopic (exact) mass is 688 g/mol. The first-order valence-corrected chi connectivity index (χ1v) is 18.6. The van der Waals surface area contributed by atoms with Crippen molar-refractivity contribution in [2.45, 2.75) is 43.7 Å². The average Bonchev–Trinajstić information content (AvgIpc) is 3.66. The Morgan fingerprint density at radius 3 is 2.16 bits per heavy atom. The Bertz CT molecular complexity index is 1760. The van der Waals surface area contributed by atoms with Crippen LogP contribution in [0.2, 0.25) is 0 Å². The second-order valence-electron chi connectivity index (χ2n) is 10.5. The first kappa shape index (κ1) is 31.7. The van der Waals surface area contributed by atoms with Crippen LogP contribution in [0.15, 0.2) is 25.3 Å². The molecule has 0 radical (unpaired) electrons. The van der Waals surface area contributed by atoms with Crippen LogP contribution in [-0.4, -0.2) is 90.9 Å². The predicted molar refractivity (Wildman–Crippen MR) is 162 cm³/mol. The number of nitrogens with two attached hydrogens (primary N) is 2. The molecule has 1 saturated heterocycles.